The van der Waals surface area contributed by atoms with Crippen molar-refractivity contribution in [1.29, 1.82) is 0 Å². The molecule has 1 atom stereocenters. The molecule has 0 radical (unpaired) electrons. The topological polar surface area (TPSA) is 124 Å². The van der Waals surface area contributed by atoms with Gasteiger partial charge < -0.3 is 13.8 Å². The second kappa shape index (κ2) is 12.2. The normalized spacial score (nSPS) is 13.4. The Hall–Kier alpha value is 1.78. The van der Waals surface area contributed by atoms with Crippen molar-refractivity contribution < 1.29 is 89.8 Å². The summed E-state index contributed by atoms with van der Waals surface area (Å²) in [5.41, 5.74) is 0. The Morgan fingerprint density at radius 1 is 1.00 bits per heavy atom. The van der Waals surface area contributed by atoms with Gasteiger partial charge in [0.25, 0.3) is 0 Å². The van der Waals surface area contributed by atoms with Gasteiger partial charge in [0.15, 0.2) is 0 Å². The predicted molar refractivity (Wildman–Crippen MR) is 63.0 cm³/mol. The fourth-order valence-corrected chi connectivity index (χ4v) is 2.92. The van der Waals surface area contributed by atoms with Crippen molar-refractivity contribution in [2.24, 2.45) is 0 Å². The summed E-state index contributed by atoms with van der Waals surface area (Å²) in [6, 6.07) is 0. The monoisotopic (exact) mass is 348 g/mol. The molecule has 0 saturated heterocycles. The average Bonchev–Trinajstić information content (AvgIpc) is 2.08. The van der Waals surface area contributed by atoms with Gasteiger partial charge in [-0.25, -0.2) is 16.8 Å². The third-order valence-electron chi connectivity index (χ3n) is 2.17. The first kappa shape index (κ1) is 26.7. The molecule has 110 valence electrons. The Bertz CT molecular complexity index is 401. The molecular weight excluding hydrogens is 330 g/mol. The SMILES string of the molecule is CCCCC(C)OC(CS(=O)(=O)[O-])CS(=O)(=O)[O-].[Na+].[Na+]. The number of hydrogen-bond acceptors (Lipinski definition) is 7. The van der Waals surface area contributed by atoms with Gasteiger partial charge in [0.2, 0.25) is 0 Å². The molecule has 0 N–H and O–H groups in total. The van der Waals surface area contributed by atoms with Crippen LogP contribution in [-0.4, -0.2) is 49.7 Å². The molecule has 0 rings (SSSR count). The van der Waals surface area contributed by atoms with Crippen LogP contribution in [-0.2, 0) is 25.0 Å². The molecule has 0 amide bonds. The van der Waals surface area contributed by atoms with E-state index in [2.05, 4.69) is 0 Å². The Morgan fingerprint density at radius 2 is 1.40 bits per heavy atom. The summed E-state index contributed by atoms with van der Waals surface area (Å²) in [6.07, 6.45) is 0.519. The van der Waals surface area contributed by atoms with Crippen molar-refractivity contribution in [2.75, 3.05) is 11.5 Å². The van der Waals surface area contributed by atoms with E-state index in [1.165, 1.54) is 0 Å². The molecule has 0 aromatic rings. The van der Waals surface area contributed by atoms with Gasteiger partial charge in [-0.3, -0.25) is 0 Å². The molecule has 11 heteroatoms. The van der Waals surface area contributed by atoms with E-state index < -0.39 is 43.9 Å². The van der Waals surface area contributed by atoms with Crippen LogP contribution in [0.15, 0.2) is 0 Å². The molecular formula is C9H18Na2O7S2. The second-order valence-electron chi connectivity index (χ2n) is 4.16. The van der Waals surface area contributed by atoms with E-state index in [1.54, 1.807) is 6.92 Å². The van der Waals surface area contributed by atoms with Crippen LogP contribution in [0.1, 0.15) is 33.1 Å². The van der Waals surface area contributed by atoms with Gasteiger partial charge in [0.1, 0.15) is 0 Å². The van der Waals surface area contributed by atoms with E-state index in [4.69, 9.17) is 4.74 Å². The standard InChI is InChI=1S/C9H20O7S2.2Na/c1-3-4-5-8(2)16-9(6-17(10,11)12)7-18(13,14)15;;/h8-9H,3-7H2,1-2H3,(H,10,11,12)(H,13,14,15);;/q;2*+1/p-2. The zero-order valence-corrected chi connectivity index (χ0v) is 18.0. The van der Waals surface area contributed by atoms with Crippen molar-refractivity contribution in [2.45, 2.75) is 45.3 Å². The summed E-state index contributed by atoms with van der Waals surface area (Å²) >= 11 is 0. The van der Waals surface area contributed by atoms with Crippen LogP contribution in [0.3, 0.4) is 0 Å². The fourth-order valence-electron chi connectivity index (χ4n) is 1.47. The largest absolute Gasteiger partial charge is 1.00 e. The summed E-state index contributed by atoms with van der Waals surface area (Å²) in [5.74, 6) is -2.02. The van der Waals surface area contributed by atoms with Crippen molar-refractivity contribution in [3.63, 3.8) is 0 Å². The summed E-state index contributed by atoms with van der Waals surface area (Å²) in [4.78, 5) is 0. The Kier molecular flexibility index (Phi) is 16.3. The van der Waals surface area contributed by atoms with Crippen LogP contribution in [0.25, 0.3) is 0 Å². The van der Waals surface area contributed by atoms with Crippen molar-refractivity contribution in [1.82, 2.24) is 0 Å². The van der Waals surface area contributed by atoms with E-state index in [1.807, 2.05) is 6.92 Å². The zero-order chi connectivity index (χ0) is 14.4. The van der Waals surface area contributed by atoms with Gasteiger partial charge in [0.05, 0.1) is 43.9 Å². The van der Waals surface area contributed by atoms with Crippen molar-refractivity contribution in [3.05, 3.63) is 0 Å². The summed E-state index contributed by atoms with van der Waals surface area (Å²) < 4.78 is 68.7. The number of rotatable bonds is 9. The van der Waals surface area contributed by atoms with Crippen LogP contribution in [0.5, 0.6) is 0 Å². The van der Waals surface area contributed by atoms with Crippen molar-refractivity contribution in [3.8, 4) is 0 Å². The zero-order valence-electron chi connectivity index (χ0n) is 12.4. The van der Waals surface area contributed by atoms with Crippen LogP contribution in [0, 0.1) is 0 Å². The quantitative estimate of drug-likeness (QED) is 0.300. The third-order valence-corrected chi connectivity index (χ3v) is 3.73. The first-order valence-electron chi connectivity index (χ1n) is 5.56. The van der Waals surface area contributed by atoms with E-state index >= 15 is 0 Å². The summed E-state index contributed by atoms with van der Waals surface area (Å²) in [7, 11) is -9.28. The van der Waals surface area contributed by atoms with E-state index in [9.17, 15) is 25.9 Å². The molecule has 0 saturated carbocycles. The molecule has 0 aromatic heterocycles. The van der Waals surface area contributed by atoms with Gasteiger partial charge in [-0.05, 0) is 13.3 Å². The van der Waals surface area contributed by atoms with Gasteiger partial charge >= 0.3 is 59.1 Å². The van der Waals surface area contributed by atoms with E-state index in [-0.39, 0.29) is 59.1 Å². The molecule has 0 aliphatic rings. The van der Waals surface area contributed by atoms with Crippen LogP contribution in [0.4, 0.5) is 0 Å². The maximum atomic E-state index is 10.6. The third kappa shape index (κ3) is 17.8. The molecule has 0 aliphatic carbocycles. The molecule has 0 bridgehead atoms. The number of unbranched alkanes of at least 4 members (excludes halogenated alkanes) is 1. The minimum absolute atomic E-state index is 0. The molecule has 0 aromatic carbocycles. The number of hydrogen-bond donors (Lipinski definition) is 0. The molecule has 0 heterocycles. The maximum Gasteiger partial charge on any atom is 1.00 e. The minimum Gasteiger partial charge on any atom is -0.748 e. The molecule has 1 unspecified atom stereocenters. The van der Waals surface area contributed by atoms with Crippen LogP contribution >= 0.6 is 0 Å². The van der Waals surface area contributed by atoms with Gasteiger partial charge in [0, 0.05) is 0 Å². The second-order valence-corrected chi connectivity index (χ2v) is 7.06. The molecule has 7 nitrogen and oxygen atoms in total. The van der Waals surface area contributed by atoms with Gasteiger partial charge in [-0.1, -0.05) is 19.8 Å². The maximum absolute atomic E-state index is 10.6. The summed E-state index contributed by atoms with van der Waals surface area (Å²) in [6.45, 7) is 3.59. The smallest absolute Gasteiger partial charge is 0.748 e. The van der Waals surface area contributed by atoms with E-state index in [0.717, 1.165) is 12.8 Å². The predicted octanol–water partition coefficient (Wildman–Crippen LogP) is -5.95. The summed E-state index contributed by atoms with van der Waals surface area (Å²) in [5, 5.41) is 0. The molecule has 0 spiro atoms. The minimum atomic E-state index is -4.64. The Morgan fingerprint density at radius 3 is 1.70 bits per heavy atom. The average molecular weight is 348 g/mol. The Balaban J connectivity index is -0.00000144. The van der Waals surface area contributed by atoms with Crippen LogP contribution in [0.2, 0.25) is 0 Å². The fraction of sp³-hybridized carbons (Fsp3) is 1.00. The van der Waals surface area contributed by atoms with Crippen LogP contribution < -0.4 is 59.1 Å². The molecule has 20 heavy (non-hydrogen) atoms. The first-order valence-corrected chi connectivity index (χ1v) is 8.71. The Labute approximate surface area is 165 Å². The molecule has 0 aliphatic heterocycles. The number of ether oxygens (including phenoxy) is 1. The van der Waals surface area contributed by atoms with Gasteiger partial charge in [-0.2, -0.15) is 0 Å². The van der Waals surface area contributed by atoms with Gasteiger partial charge in [-0.15, -0.1) is 0 Å². The van der Waals surface area contributed by atoms with Crippen molar-refractivity contribution >= 4 is 20.2 Å². The molecule has 0 fully saturated rings. The first-order chi connectivity index (χ1) is 8.03. The van der Waals surface area contributed by atoms with E-state index in [0.29, 0.717) is 6.42 Å².